The molecule has 25 heavy (non-hydrogen) atoms. The van der Waals surface area contributed by atoms with Crippen LogP contribution in [-0.2, 0) is 4.79 Å². The van der Waals surface area contributed by atoms with Crippen molar-refractivity contribution < 1.29 is 9.53 Å². The number of carbonyl (C=O) groups excluding carboxylic acids is 1. The highest BCUT2D eigenvalue weighted by Crippen LogP contribution is 2.23. The summed E-state index contributed by atoms with van der Waals surface area (Å²) in [5, 5.41) is 3.47. The Morgan fingerprint density at radius 1 is 1.08 bits per heavy atom. The van der Waals surface area contributed by atoms with E-state index in [1.54, 1.807) is 12.1 Å². The van der Waals surface area contributed by atoms with E-state index in [9.17, 15) is 4.79 Å². The first-order valence-corrected chi connectivity index (χ1v) is 8.96. The van der Waals surface area contributed by atoms with Crippen LogP contribution in [0, 0.1) is 0 Å². The third-order valence-electron chi connectivity index (χ3n) is 4.13. The number of ether oxygens (including phenoxy) is 1. The van der Waals surface area contributed by atoms with Gasteiger partial charge in [-0.2, -0.15) is 0 Å². The van der Waals surface area contributed by atoms with Crippen LogP contribution in [0.3, 0.4) is 0 Å². The third kappa shape index (κ3) is 5.76. The number of likely N-dealkylation sites (N-methyl/N-ethyl adjacent to an activating group) is 1. The molecule has 0 spiro atoms. The van der Waals surface area contributed by atoms with Crippen molar-refractivity contribution in [3.8, 4) is 5.75 Å². The lowest BCUT2D eigenvalue weighted by atomic mass is 10.1. The molecule has 0 saturated carbocycles. The zero-order valence-electron chi connectivity index (χ0n) is 14.7. The Hall–Kier alpha value is -2.04. The van der Waals surface area contributed by atoms with Crippen LogP contribution < -0.4 is 10.1 Å². The van der Waals surface area contributed by atoms with Gasteiger partial charge in [-0.1, -0.05) is 67.9 Å². The number of para-hydroxylation sites is 1. The molecular formula is C20H25ClN2O2. The summed E-state index contributed by atoms with van der Waals surface area (Å²) in [5.41, 5.74) is 1.19. The van der Waals surface area contributed by atoms with E-state index in [0.717, 1.165) is 13.1 Å². The van der Waals surface area contributed by atoms with Crippen molar-refractivity contribution in [3.63, 3.8) is 0 Å². The Balaban J connectivity index is 1.93. The van der Waals surface area contributed by atoms with Crippen LogP contribution in [0.1, 0.15) is 25.5 Å². The van der Waals surface area contributed by atoms with Crippen LogP contribution in [0.4, 0.5) is 0 Å². The van der Waals surface area contributed by atoms with Gasteiger partial charge in [-0.25, -0.2) is 0 Å². The summed E-state index contributed by atoms with van der Waals surface area (Å²) < 4.78 is 5.49. The summed E-state index contributed by atoms with van der Waals surface area (Å²) in [6, 6.07) is 17.5. The van der Waals surface area contributed by atoms with Crippen molar-refractivity contribution in [3.05, 3.63) is 65.2 Å². The second-order valence-electron chi connectivity index (χ2n) is 5.67. The minimum absolute atomic E-state index is 0.0521. The average molecular weight is 361 g/mol. The number of nitrogens with one attached hydrogen (secondary N) is 1. The van der Waals surface area contributed by atoms with Gasteiger partial charge < -0.3 is 10.1 Å². The summed E-state index contributed by atoms with van der Waals surface area (Å²) in [7, 11) is 0. The second-order valence-corrected chi connectivity index (χ2v) is 6.08. The first-order valence-electron chi connectivity index (χ1n) is 8.58. The third-order valence-corrected chi connectivity index (χ3v) is 4.44. The minimum atomic E-state index is -0.159. The van der Waals surface area contributed by atoms with Gasteiger partial charge in [0.1, 0.15) is 5.75 Å². The van der Waals surface area contributed by atoms with Crippen molar-refractivity contribution >= 4 is 17.5 Å². The van der Waals surface area contributed by atoms with Gasteiger partial charge in [0.2, 0.25) is 0 Å². The number of halogens is 1. The van der Waals surface area contributed by atoms with Gasteiger partial charge in [-0.15, -0.1) is 0 Å². The molecule has 0 bridgehead atoms. The quantitative estimate of drug-likeness (QED) is 0.737. The standard InChI is InChI=1S/C20H25ClN2O2/c1-3-23(4-2)18(16-10-6-5-7-11-16)14-22-20(24)15-25-19-13-9-8-12-17(19)21/h5-13,18H,3-4,14-15H2,1-2H3,(H,22,24). The lowest BCUT2D eigenvalue weighted by Crippen LogP contribution is -2.39. The molecule has 0 aliphatic carbocycles. The van der Waals surface area contributed by atoms with Crippen LogP contribution in [0.5, 0.6) is 5.75 Å². The van der Waals surface area contributed by atoms with Gasteiger partial charge in [0.05, 0.1) is 11.1 Å². The molecule has 1 atom stereocenters. The predicted molar refractivity (Wildman–Crippen MR) is 102 cm³/mol. The van der Waals surface area contributed by atoms with Crippen LogP contribution in [0.25, 0.3) is 0 Å². The van der Waals surface area contributed by atoms with E-state index in [1.165, 1.54) is 5.56 Å². The van der Waals surface area contributed by atoms with Crippen molar-refractivity contribution in [2.75, 3.05) is 26.2 Å². The molecule has 5 heteroatoms. The number of hydrogen-bond donors (Lipinski definition) is 1. The fourth-order valence-electron chi connectivity index (χ4n) is 2.76. The normalized spacial score (nSPS) is 12.0. The van der Waals surface area contributed by atoms with Crippen molar-refractivity contribution in [2.45, 2.75) is 19.9 Å². The highest BCUT2D eigenvalue weighted by molar-refractivity contribution is 6.32. The first kappa shape index (κ1) is 19.3. The Bertz CT molecular complexity index is 660. The van der Waals surface area contributed by atoms with Crippen molar-refractivity contribution in [2.24, 2.45) is 0 Å². The molecule has 1 N–H and O–H groups in total. The van der Waals surface area contributed by atoms with E-state index >= 15 is 0 Å². The molecule has 0 aromatic heterocycles. The van der Waals surface area contributed by atoms with Crippen LogP contribution >= 0.6 is 11.6 Å². The topological polar surface area (TPSA) is 41.6 Å². The summed E-state index contributed by atoms with van der Waals surface area (Å²) >= 11 is 6.03. The maximum atomic E-state index is 12.2. The number of benzene rings is 2. The molecule has 1 amide bonds. The molecule has 134 valence electrons. The van der Waals surface area contributed by atoms with Crippen molar-refractivity contribution in [1.29, 1.82) is 0 Å². The molecule has 1 unspecified atom stereocenters. The van der Waals surface area contributed by atoms with Crippen LogP contribution in [0.2, 0.25) is 5.02 Å². The molecule has 2 aromatic rings. The van der Waals surface area contributed by atoms with Gasteiger partial charge >= 0.3 is 0 Å². The van der Waals surface area contributed by atoms with Gasteiger partial charge in [0.15, 0.2) is 6.61 Å². The summed E-state index contributed by atoms with van der Waals surface area (Å²) in [6.45, 7) is 6.58. The average Bonchev–Trinajstić information content (AvgIpc) is 2.65. The summed E-state index contributed by atoms with van der Waals surface area (Å²) in [6.07, 6.45) is 0. The van der Waals surface area contributed by atoms with Crippen LogP contribution in [-0.4, -0.2) is 37.0 Å². The number of rotatable bonds is 9. The Morgan fingerprint density at radius 3 is 2.36 bits per heavy atom. The van der Waals surface area contributed by atoms with Crippen molar-refractivity contribution in [1.82, 2.24) is 10.2 Å². The smallest absolute Gasteiger partial charge is 0.258 e. The fourth-order valence-corrected chi connectivity index (χ4v) is 2.95. The minimum Gasteiger partial charge on any atom is -0.482 e. The largest absolute Gasteiger partial charge is 0.482 e. The molecule has 0 radical (unpaired) electrons. The molecule has 4 nitrogen and oxygen atoms in total. The Morgan fingerprint density at radius 2 is 1.72 bits per heavy atom. The first-order chi connectivity index (χ1) is 12.2. The Kier molecular flexibility index (Phi) is 7.76. The van der Waals surface area contributed by atoms with E-state index in [4.69, 9.17) is 16.3 Å². The molecule has 0 aliphatic rings. The highest BCUT2D eigenvalue weighted by atomic mass is 35.5. The van der Waals surface area contributed by atoms with Gasteiger partial charge in [0, 0.05) is 6.54 Å². The second kappa shape index (κ2) is 10.1. The highest BCUT2D eigenvalue weighted by Gasteiger charge is 2.18. The molecule has 2 aromatic carbocycles. The number of hydrogen-bond acceptors (Lipinski definition) is 3. The number of carbonyl (C=O) groups is 1. The van der Waals surface area contributed by atoms with Crippen LogP contribution in [0.15, 0.2) is 54.6 Å². The molecule has 0 aliphatic heterocycles. The molecule has 0 saturated heterocycles. The van der Waals surface area contributed by atoms with E-state index in [-0.39, 0.29) is 18.6 Å². The maximum Gasteiger partial charge on any atom is 0.258 e. The lowest BCUT2D eigenvalue weighted by molar-refractivity contribution is -0.123. The summed E-state index contributed by atoms with van der Waals surface area (Å²) in [5.74, 6) is 0.357. The monoisotopic (exact) mass is 360 g/mol. The van der Waals surface area contributed by atoms with Gasteiger partial charge in [-0.3, -0.25) is 9.69 Å². The predicted octanol–water partition coefficient (Wildman–Crippen LogP) is 3.92. The molecule has 2 rings (SSSR count). The van der Waals surface area contributed by atoms with E-state index in [0.29, 0.717) is 17.3 Å². The zero-order chi connectivity index (χ0) is 18.1. The number of amides is 1. The zero-order valence-corrected chi connectivity index (χ0v) is 15.5. The molecule has 0 fully saturated rings. The van der Waals surface area contributed by atoms with E-state index in [1.807, 2.05) is 30.3 Å². The maximum absolute atomic E-state index is 12.2. The van der Waals surface area contributed by atoms with E-state index < -0.39 is 0 Å². The molecule has 0 heterocycles. The van der Waals surface area contributed by atoms with Gasteiger partial charge in [0.25, 0.3) is 5.91 Å². The lowest BCUT2D eigenvalue weighted by Gasteiger charge is -2.30. The van der Waals surface area contributed by atoms with Gasteiger partial charge in [-0.05, 0) is 30.8 Å². The summed E-state index contributed by atoms with van der Waals surface area (Å²) in [4.78, 5) is 14.5. The SMILES string of the molecule is CCN(CC)C(CNC(=O)COc1ccccc1Cl)c1ccccc1. The fraction of sp³-hybridized carbons (Fsp3) is 0.350. The number of nitrogens with zero attached hydrogens (tertiary/aromatic N) is 1. The van der Waals surface area contributed by atoms with E-state index in [2.05, 4.69) is 36.2 Å². The molecular weight excluding hydrogens is 336 g/mol. The Labute approximate surface area is 154 Å².